The standard InChI is InChI=1S/C10H13FN2OS2/c1-8-3-5-9(6-4-8)15-7-12-16-13(2)10(11)14/h3-6,12H,7H2,1-2H3. The topological polar surface area (TPSA) is 32.3 Å². The summed E-state index contributed by atoms with van der Waals surface area (Å²) in [6.07, 6.45) is -1.46. The highest BCUT2D eigenvalue weighted by molar-refractivity contribution is 8.01. The van der Waals surface area contributed by atoms with Crippen molar-refractivity contribution in [2.75, 3.05) is 12.9 Å². The van der Waals surface area contributed by atoms with Crippen LogP contribution in [0.15, 0.2) is 29.2 Å². The van der Waals surface area contributed by atoms with Gasteiger partial charge < -0.3 is 0 Å². The fourth-order valence-electron chi connectivity index (χ4n) is 0.906. The second-order valence-electron chi connectivity index (χ2n) is 3.09. The molecule has 0 aliphatic heterocycles. The zero-order chi connectivity index (χ0) is 12.0. The quantitative estimate of drug-likeness (QED) is 0.220. The molecule has 0 bridgehead atoms. The number of nitrogens with one attached hydrogen (secondary N) is 1. The average molecular weight is 260 g/mol. The van der Waals surface area contributed by atoms with E-state index in [1.54, 1.807) is 11.8 Å². The third-order valence-electron chi connectivity index (χ3n) is 1.77. The fourth-order valence-corrected chi connectivity index (χ4v) is 2.11. The molecule has 1 N–H and O–H groups in total. The van der Waals surface area contributed by atoms with E-state index in [0.29, 0.717) is 5.88 Å². The Bertz CT molecular complexity index is 345. The largest absolute Gasteiger partial charge is 0.410 e. The second kappa shape index (κ2) is 6.78. The number of carbonyl (C=O) groups is 1. The van der Waals surface area contributed by atoms with Crippen molar-refractivity contribution in [3.05, 3.63) is 29.8 Å². The van der Waals surface area contributed by atoms with Crippen LogP contribution in [0.1, 0.15) is 5.56 Å². The van der Waals surface area contributed by atoms with Gasteiger partial charge in [0.05, 0.1) is 5.88 Å². The summed E-state index contributed by atoms with van der Waals surface area (Å²) in [5, 5.41) is 0. The summed E-state index contributed by atoms with van der Waals surface area (Å²) < 4.78 is 15.9. The van der Waals surface area contributed by atoms with Crippen molar-refractivity contribution in [3.8, 4) is 0 Å². The highest BCUT2D eigenvalue weighted by atomic mass is 32.2. The van der Waals surface area contributed by atoms with Crippen LogP contribution in [0.3, 0.4) is 0 Å². The van der Waals surface area contributed by atoms with Crippen molar-refractivity contribution < 1.29 is 9.18 Å². The van der Waals surface area contributed by atoms with Gasteiger partial charge in [-0.05, 0) is 19.1 Å². The molecule has 1 aromatic carbocycles. The molecule has 3 nitrogen and oxygen atoms in total. The Morgan fingerprint density at radius 3 is 2.62 bits per heavy atom. The van der Waals surface area contributed by atoms with Crippen LogP contribution in [0.5, 0.6) is 0 Å². The van der Waals surface area contributed by atoms with E-state index in [1.807, 2.05) is 31.2 Å². The number of aryl methyl sites for hydroxylation is 1. The third kappa shape index (κ3) is 4.87. The molecule has 0 fully saturated rings. The van der Waals surface area contributed by atoms with Crippen LogP contribution in [0.4, 0.5) is 9.18 Å². The number of nitrogens with zero attached hydrogens (tertiary/aromatic N) is 1. The summed E-state index contributed by atoms with van der Waals surface area (Å²) in [4.78, 5) is 11.4. The van der Waals surface area contributed by atoms with Crippen molar-refractivity contribution in [3.63, 3.8) is 0 Å². The molecule has 0 saturated heterocycles. The Morgan fingerprint density at radius 2 is 2.06 bits per heavy atom. The maximum atomic E-state index is 12.1. The van der Waals surface area contributed by atoms with Crippen LogP contribution in [0.2, 0.25) is 0 Å². The van der Waals surface area contributed by atoms with E-state index in [2.05, 4.69) is 4.72 Å². The van der Waals surface area contributed by atoms with E-state index in [9.17, 15) is 9.18 Å². The summed E-state index contributed by atoms with van der Waals surface area (Å²) in [6, 6.07) is 8.12. The predicted octanol–water partition coefficient (Wildman–Crippen LogP) is 3.22. The van der Waals surface area contributed by atoms with E-state index in [-0.39, 0.29) is 0 Å². The first kappa shape index (κ1) is 13.3. The maximum Gasteiger partial charge on any atom is 0.410 e. The zero-order valence-corrected chi connectivity index (χ0v) is 10.7. The molecule has 0 aliphatic carbocycles. The number of benzene rings is 1. The van der Waals surface area contributed by atoms with Crippen LogP contribution in [0.25, 0.3) is 0 Å². The number of hydrogen-bond acceptors (Lipinski definition) is 4. The molecule has 0 radical (unpaired) electrons. The Labute approximate surface area is 103 Å². The fraction of sp³-hybridized carbons (Fsp3) is 0.300. The number of hydrogen-bond donors (Lipinski definition) is 1. The van der Waals surface area contributed by atoms with Crippen molar-refractivity contribution in [2.45, 2.75) is 11.8 Å². The molecule has 0 atom stereocenters. The molecule has 6 heteroatoms. The maximum absolute atomic E-state index is 12.1. The van der Waals surface area contributed by atoms with Gasteiger partial charge in [0.1, 0.15) is 0 Å². The molecule has 0 spiro atoms. The van der Waals surface area contributed by atoms with Crippen molar-refractivity contribution >= 4 is 30.1 Å². The first-order chi connectivity index (χ1) is 7.59. The molecule has 1 rings (SSSR count). The Morgan fingerprint density at radius 1 is 1.44 bits per heavy atom. The van der Waals surface area contributed by atoms with E-state index < -0.39 is 6.16 Å². The lowest BCUT2D eigenvalue weighted by Crippen LogP contribution is -2.19. The van der Waals surface area contributed by atoms with E-state index >= 15 is 0 Å². The van der Waals surface area contributed by atoms with Gasteiger partial charge in [-0.2, -0.15) is 0 Å². The molecule has 0 aliphatic rings. The van der Waals surface area contributed by atoms with Crippen molar-refractivity contribution in [1.29, 1.82) is 0 Å². The summed E-state index contributed by atoms with van der Waals surface area (Å²) >= 11 is 2.54. The Balaban J connectivity index is 2.21. The molecule has 0 aromatic heterocycles. The number of halogens is 1. The minimum absolute atomic E-state index is 0.603. The van der Waals surface area contributed by atoms with Gasteiger partial charge in [0.15, 0.2) is 0 Å². The SMILES string of the molecule is Cc1ccc(SCNSN(C)C(=O)F)cc1. The van der Waals surface area contributed by atoms with Crippen LogP contribution < -0.4 is 4.72 Å². The smallest absolute Gasteiger partial charge is 0.248 e. The summed E-state index contributed by atoms with van der Waals surface area (Å²) in [5.74, 6) is 0.603. The summed E-state index contributed by atoms with van der Waals surface area (Å²) in [6.45, 7) is 2.03. The molecule has 16 heavy (non-hydrogen) atoms. The third-order valence-corrected chi connectivity index (χ3v) is 3.54. The second-order valence-corrected chi connectivity index (χ2v) is 5.16. The molecule has 0 saturated carbocycles. The van der Waals surface area contributed by atoms with Gasteiger partial charge in [-0.15, -0.1) is 16.2 Å². The number of amides is 1. The lowest BCUT2D eigenvalue weighted by atomic mass is 10.2. The molecule has 88 valence electrons. The van der Waals surface area contributed by atoms with Crippen molar-refractivity contribution in [2.24, 2.45) is 0 Å². The molecular weight excluding hydrogens is 247 g/mol. The van der Waals surface area contributed by atoms with Gasteiger partial charge in [0.2, 0.25) is 0 Å². The van der Waals surface area contributed by atoms with Gasteiger partial charge in [0.25, 0.3) is 0 Å². The van der Waals surface area contributed by atoms with Gasteiger partial charge in [-0.25, -0.2) is 13.8 Å². The van der Waals surface area contributed by atoms with Crippen LogP contribution in [0, 0.1) is 6.92 Å². The lowest BCUT2D eigenvalue weighted by Gasteiger charge is -2.10. The molecule has 1 amide bonds. The predicted molar refractivity (Wildman–Crippen MR) is 66.9 cm³/mol. The van der Waals surface area contributed by atoms with Gasteiger partial charge in [0, 0.05) is 24.1 Å². The first-order valence-corrected chi connectivity index (χ1v) is 6.38. The molecule has 0 unspecified atom stereocenters. The Hall–Kier alpha value is -0.720. The van der Waals surface area contributed by atoms with Crippen LogP contribution >= 0.6 is 23.9 Å². The normalized spacial score (nSPS) is 10.2. The lowest BCUT2D eigenvalue weighted by molar-refractivity contribution is 0.209. The summed E-state index contributed by atoms with van der Waals surface area (Å²) in [5.41, 5.74) is 1.22. The summed E-state index contributed by atoms with van der Waals surface area (Å²) in [7, 11) is 1.37. The number of carbonyl (C=O) groups excluding carboxylic acids is 1. The van der Waals surface area contributed by atoms with E-state index in [4.69, 9.17) is 0 Å². The highest BCUT2D eigenvalue weighted by Crippen LogP contribution is 2.18. The Kier molecular flexibility index (Phi) is 5.65. The minimum Gasteiger partial charge on any atom is -0.248 e. The highest BCUT2D eigenvalue weighted by Gasteiger charge is 2.05. The molecule has 1 aromatic rings. The molecular formula is C10H13FN2OS2. The van der Waals surface area contributed by atoms with Crippen molar-refractivity contribution in [1.82, 2.24) is 9.03 Å². The minimum atomic E-state index is -1.46. The van der Waals surface area contributed by atoms with Crippen LogP contribution in [-0.2, 0) is 0 Å². The number of thioether (sulfide) groups is 1. The molecule has 0 heterocycles. The van der Waals surface area contributed by atoms with E-state index in [0.717, 1.165) is 21.3 Å². The van der Waals surface area contributed by atoms with Gasteiger partial charge in [-0.1, -0.05) is 17.7 Å². The zero-order valence-electron chi connectivity index (χ0n) is 9.07. The average Bonchev–Trinajstić information content (AvgIpc) is 2.26. The monoisotopic (exact) mass is 260 g/mol. The van der Waals surface area contributed by atoms with E-state index in [1.165, 1.54) is 12.6 Å². The van der Waals surface area contributed by atoms with Crippen LogP contribution in [-0.4, -0.2) is 23.4 Å². The first-order valence-electron chi connectivity index (χ1n) is 4.62. The number of rotatable bonds is 5. The van der Waals surface area contributed by atoms with Gasteiger partial charge in [-0.3, -0.25) is 0 Å². The van der Waals surface area contributed by atoms with Gasteiger partial charge >= 0.3 is 6.16 Å².